The number of hydrogen-bond donors (Lipinski definition) is 1. The van der Waals surface area contributed by atoms with Gasteiger partial charge in [0.05, 0.1) is 24.5 Å². The molecule has 104 valence electrons. The summed E-state index contributed by atoms with van der Waals surface area (Å²) in [6, 6.07) is 0. The van der Waals surface area contributed by atoms with Crippen LogP contribution in [-0.4, -0.2) is 28.4 Å². The van der Waals surface area contributed by atoms with Crippen molar-refractivity contribution in [2.24, 2.45) is 0 Å². The number of ether oxygens (including phenoxy) is 1. The van der Waals surface area contributed by atoms with E-state index in [-0.39, 0.29) is 12.0 Å². The Morgan fingerprint density at radius 3 is 3.11 bits per heavy atom. The van der Waals surface area contributed by atoms with E-state index in [2.05, 4.69) is 10.4 Å². The molecule has 2 heterocycles. The minimum Gasteiger partial charge on any atom is -0.376 e. The average molecular weight is 263 g/mol. The number of allylic oxidation sites excluding steroid dienone is 1. The maximum absolute atomic E-state index is 11.6. The molecule has 1 unspecified atom stereocenters. The third-order valence-electron chi connectivity index (χ3n) is 2.99. The first-order chi connectivity index (χ1) is 9.13. The summed E-state index contributed by atoms with van der Waals surface area (Å²) < 4.78 is 7.49. The molecule has 1 fully saturated rings. The number of nitrogens with zero attached hydrogens (tertiary/aromatic N) is 2. The van der Waals surface area contributed by atoms with E-state index in [0.717, 1.165) is 37.3 Å². The number of nitrogens with one attached hydrogen (secondary N) is 1. The lowest BCUT2D eigenvalue weighted by Gasteiger charge is -2.22. The molecule has 1 atom stereocenters. The van der Waals surface area contributed by atoms with Gasteiger partial charge in [0, 0.05) is 18.9 Å². The molecule has 0 aromatic carbocycles. The van der Waals surface area contributed by atoms with Gasteiger partial charge in [0.25, 0.3) is 0 Å². The van der Waals surface area contributed by atoms with Crippen LogP contribution in [0.2, 0.25) is 0 Å². The Bertz CT molecular complexity index is 455. The van der Waals surface area contributed by atoms with Crippen molar-refractivity contribution in [3.63, 3.8) is 0 Å². The summed E-state index contributed by atoms with van der Waals surface area (Å²) >= 11 is 0. The quantitative estimate of drug-likeness (QED) is 0.848. The van der Waals surface area contributed by atoms with Crippen LogP contribution in [0.5, 0.6) is 0 Å². The van der Waals surface area contributed by atoms with Gasteiger partial charge < -0.3 is 10.1 Å². The maximum Gasteiger partial charge on any atom is 0.248 e. The second kappa shape index (κ2) is 6.52. The lowest BCUT2D eigenvalue weighted by molar-refractivity contribution is -0.111. The molecule has 5 heteroatoms. The highest BCUT2D eigenvalue weighted by Gasteiger charge is 2.14. The highest BCUT2D eigenvalue weighted by Crippen LogP contribution is 2.15. The first kappa shape index (κ1) is 13.8. The van der Waals surface area contributed by atoms with Crippen LogP contribution >= 0.6 is 0 Å². The number of aromatic nitrogens is 2. The molecule has 19 heavy (non-hydrogen) atoms. The standard InChI is InChI=1S/C14H21N3O2/c1-11(2)7-14(18)16-12-8-15-17(9-12)10-13-5-3-4-6-19-13/h7-9,13H,3-6,10H2,1-2H3,(H,16,18). The molecule has 0 bridgehead atoms. The fourth-order valence-corrected chi connectivity index (χ4v) is 2.13. The van der Waals surface area contributed by atoms with Gasteiger partial charge in [-0.1, -0.05) is 5.57 Å². The molecule has 1 aliphatic rings. The van der Waals surface area contributed by atoms with Crippen molar-refractivity contribution in [3.05, 3.63) is 24.0 Å². The molecule has 1 saturated heterocycles. The molecule has 5 nitrogen and oxygen atoms in total. The molecule has 0 aliphatic carbocycles. The molecule has 0 radical (unpaired) electrons. The first-order valence-electron chi connectivity index (χ1n) is 6.73. The Kier molecular flexibility index (Phi) is 4.74. The van der Waals surface area contributed by atoms with Crippen LogP contribution in [0.1, 0.15) is 33.1 Å². The Hall–Kier alpha value is -1.62. The summed E-state index contributed by atoms with van der Waals surface area (Å²) in [6.07, 6.45) is 8.78. The molecule has 1 aromatic rings. The van der Waals surface area contributed by atoms with Gasteiger partial charge in [-0.3, -0.25) is 9.48 Å². The summed E-state index contributed by atoms with van der Waals surface area (Å²) in [4.78, 5) is 11.6. The van der Waals surface area contributed by atoms with Crippen LogP contribution in [0.15, 0.2) is 24.0 Å². The molecule has 1 aromatic heterocycles. The van der Waals surface area contributed by atoms with E-state index in [4.69, 9.17) is 4.74 Å². The van der Waals surface area contributed by atoms with E-state index in [9.17, 15) is 4.79 Å². The highest BCUT2D eigenvalue weighted by atomic mass is 16.5. The number of rotatable bonds is 4. The van der Waals surface area contributed by atoms with Crippen molar-refractivity contribution in [2.45, 2.75) is 45.8 Å². The van der Waals surface area contributed by atoms with E-state index >= 15 is 0 Å². The predicted octanol–water partition coefficient (Wildman–Crippen LogP) is 2.36. The fourth-order valence-electron chi connectivity index (χ4n) is 2.13. The van der Waals surface area contributed by atoms with Crippen LogP contribution in [-0.2, 0) is 16.1 Å². The van der Waals surface area contributed by atoms with Crippen molar-refractivity contribution in [2.75, 3.05) is 11.9 Å². The maximum atomic E-state index is 11.6. The second-order valence-electron chi connectivity index (χ2n) is 5.15. The monoisotopic (exact) mass is 263 g/mol. The van der Waals surface area contributed by atoms with Gasteiger partial charge in [0.15, 0.2) is 0 Å². The van der Waals surface area contributed by atoms with Crippen molar-refractivity contribution in [1.29, 1.82) is 0 Å². The number of carbonyl (C=O) groups excluding carboxylic acids is 1. The summed E-state index contributed by atoms with van der Waals surface area (Å²) in [6.45, 7) is 5.38. The summed E-state index contributed by atoms with van der Waals surface area (Å²) in [5.41, 5.74) is 1.69. The highest BCUT2D eigenvalue weighted by molar-refractivity contribution is 5.99. The Labute approximate surface area is 113 Å². The van der Waals surface area contributed by atoms with E-state index in [1.807, 2.05) is 24.7 Å². The summed E-state index contributed by atoms with van der Waals surface area (Å²) in [7, 11) is 0. The third kappa shape index (κ3) is 4.52. The van der Waals surface area contributed by atoms with Gasteiger partial charge in [0.2, 0.25) is 5.91 Å². The topological polar surface area (TPSA) is 56.2 Å². The SMILES string of the molecule is CC(C)=CC(=O)Nc1cnn(CC2CCCCO2)c1. The van der Waals surface area contributed by atoms with Gasteiger partial charge >= 0.3 is 0 Å². The zero-order valence-corrected chi connectivity index (χ0v) is 11.6. The smallest absolute Gasteiger partial charge is 0.248 e. The first-order valence-corrected chi connectivity index (χ1v) is 6.73. The molecular formula is C14H21N3O2. The fraction of sp³-hybridized carbons (Fsp3) is 0.571. The van der Waals surface area contributed by atoms with Gasteiger partial charge in [-0.15, -0.1) is 0 Å². The largest absolute Gasteiger partial charge is 0.376 e. The summed E-state index contributed by atoms with van der Waals surface area (Å²) in [5, 5.41) is 7.04. The number of amides is 1. The van der Waals surface area contributed by atoms with Gasteiger partial charge in [-0.25, -0.2) is 0 Å². The Morgan fingerprint density at radius 1 is 1.58 bits per heavy atom. The van der Waals surface area contributed by atoms with Crippen LogP contribution in [0, 0.1) is 0 Å². The van der Waals surface area contributed by atoms with Crippen LogP contribution in [0.4, 0.5) is 5.69 Å². The molecule has 0 spiro atoms. The summed E-state index contributed by atoms with van der Waals surface area (Å²) in [5.74, 6) is -0.117. The second-order valence-corrected chi connectivity index (χ2v) is 5.15. The minimum atomic E-state index is -0.117. The number of hydrogen-bond acceptors (Lipinski definition) is 3. The Balaban J connectivity index is 1.88. The van der Waals surface area contributed by atoms with E-state index in [1.54, 1.807) is 12.3 Å². The predicted molar refractivity (Wildman–Crippen MR) is 73.9 cm³/mol. The average Bonchev–Trinajstić information content (AvgIpc) is 2.76. The van der Waals surface area contributed by atoms with E-state index < -0.39 is 0 Å². The lowest BCUT2D eigenvalue weighted by Crippen LogP contribution is -2.24. The Morgan fingerprint density at radius 2 is 2.42 bits per heavy atom. The molecule has 2 rings (SSSR count). The van der Waals surface area contributed by atoms with Crippen molar-refractivity contribution in [1.82, 2.24) is 9.78 Å². The number of anilines is 1. The van der Waals surface area contributed by atoms with Crippen LogP contribution in [0.3, 0.4) is 0 Å². The number of carbonyl (C=O) groups is 1. The zero-order valence-electron chi connectivity index (χ0n) is 11.6. The molecule has 1 amide bonds. The molecule has 1 aliphatic heterocycles. The van der Waals surface area contributed by atoms with E-state index in [1.165, 1.54) is 6.42 Å². The minimum absolute atomic E-state index is 0.117. The van der Waals surface area contributed by atoms with Crippen LogP contribution < -0.4 is 5.32 Å². The van der Waals surface area contributed by atoms with Crippen LogP contribution in [0.25, 0.3) is 0 Å². The third-order valence-corrected chi connectivity index (χ3v) is 2.99. The molecule has 1 N–H and O–H groups in total. The molecule has 0 saturated carbocycles. The van der Waals surface area contributed by atoms with Crippen molar-refractivity contribution in [3.8, 4) is 0 Å². The van der Waals surface area contributed by atoms with Gasteiger partial charge in [-0.2, -0.15) is 5.10 Å². The van der Waals surface area contributed by atoms with Crippen molar-refractivity contribution >= 4 is 11.6 Å². The molecular weight excluding hydrogens is 242 g/mol. The lowest BCUT2D eigenvalue weighted by atomic mass is 10.1. The van der Waals surface area contributed by atoms with Gasteiger partial charge in [-0.05, 0) is 33.1 Å². The van der Waals surface area contributed by atoms with E-state index in [0.29, 0.717) is 0 Å². The normalized spacial score (nSPS) is 18.9. The van der Waals surface area contributed by atoms with Gasteiger partial charge in [0.1, 0.15) is 0 Å². The zero-order chi connectivity index (χ0) is 13.7. The van der Waals surface area contributed by atoms with Crippen molar-refractivity contribution < 1.29 is 9.53 Å².